The summed E-state index contributed by atoms with van der Waals surface area (Å²) in [6, 6.07) is 12.5. The van der Waals surface area contributed by atoms with Crippen LogP contribution in [0.15, 0.2) is 42.6 Å². The Morgan fingerprint density at radius 2 is 1.85 bits per heavy atom. The van der Waals surface area contributed by atoms with Crippen molar-refractivity contribution in [2.75, 3.05) is 19.6 Å². The number of hydrogen-bond acceptors (Lipinski definition) is 2. The van der Waals surface area contributed by atoms with Crippen molar-refractivity contribution in [3.63, 3.8) is 0 Å². The van der Waals surface area contributed by atoms with E-state index in [1.165, 1.54) is 5.69 Å². The van der Waals surface area contributed by atoms with Gasteiger partial charge in [0.2, 0.25) is 0 Å². The quantitative estimate of drug-likeness (QED) is 0.847. The van der Waals surface area contributed by atoms with Crippen LogP contribution in [-0.4, -0.2) is 29.1 Å². The van der Waals surface area contributed by atoms with E-state index in [-0.39, 0.29) is 5.60 Å². The van der Waals surface area contributed by atoms with E-state index in [1.54, 1.807) is 0 Å². The van der Waals surface area contributed by atoms with Crippen LogP contribution in [0.25, 0.3) is 5.69 Å². The van der Waals surface area contributed by atoms with Crippen LogP contribution in [0.2, 0.25) is 0 Å². The van der Waals surface area contributed by atoms with Crippen LogP contribution in [0.5, 0.6) is 5.75 Å². The number of benzene rings is 1. The molecule has 0 amide bonds. The van der Waals surface area contributed by atoms with E-state index in [0.717, 1.165) is 31.1 Å². The molecule has 0 saturated carbocycles. The van der Waals surface area contributed by atoms with Crippen LogP contribution in [-0.2, 0) is 5.60 Å². The van der Waals surface area contributed by atoms with Crippen molar-refractivity contribution in [3.8, 4) is 11.4 Å². The third kappa shape index (κ3) is 2.02. The summed E-state index contributed by atoms with van der Waals surface area (Å²) in [5.74, 6) is 0.964. The van der Waals surface area contributed by atoms with Crippen molar-refractivity contribution in [2.45, 2.75) is 26.4 Å². The maximum absolute atomic E-state index is 6.38. The summed E-state index contributed by atoms with van der Waals surface area (Å²) in [5.41, 5.74) is 2.05. The van der Waals surface area contributed by atoms with E-state index in [9.17, 15) is 0 Å². The number of likely N-dealkylation sites (N-methyl/N-ethyl adjacent to an activating group) is 1. The maximum Gasteiger partial charge on any atom is 0.159 e. The molecular weight excluding hydrogens is 248 g/mol. The maximum atomic E-state index is 6.38. The highest BCUT2D eigenvalue weighted by Crippen LogP contribution is 2.39. The average Bonchev–Trinajstić information content (AvgIpc) is 2.96. The van der Waals surface area contributed by atoms with Gasteiger partial charge >= 0.3 is 0 Å². The Bertz CT molecular complexity index is 601. The van der Waals surface area contributed by atoms with Gasteiger partial charge in [-0.3, -0.25) is 4.90 Å². The molecule has 1 aromatic heterocycles. The van der Waals surface area contributed by atoms with Crippen molar-refractivity contribution in [1.29, 1.82) is 0 Å². The highest BCUT2D eigenvalue weighted by Gasteiger charge is 2.37. The second-order valence-corrected chi connectivity index (χ2v) is 5.53. The molecule has 0 aliphatic carbocycles. The molecule has 1 unspecified atom stereocenters. The van der Waals surface area contributed by atoms with Gasteiger partial charge in [0.25, 0.3) is 0 Å². The molecule has 0 bridgehead atoms. The first kappa shape index (κ1) is 13.3. The van der Waals surface area contributed by atoms with Crippen molar-refractivity contribution in [1.82, 2.24) is 9.47 Å². The van der Waals surface area contributed by atoms with Crippen molar-refractivity contribution < 1.29 is 4.74 Å². The van der Waals surface area contributed by atoms with Gasteiger partial charge in [-0.2, -0.15) is 0 Å². The Morgan fingerprint density at radius 3 is 2.60 bits per heavy atom. The summed E-state index contributed by atoms with van der Waals surface area (Å²) in [4.78, 5) is 2.41. The third-order valence-corrected chi connectivity index (χ3v) is 4.17. The second-order valence-electron chi connectivity index (χ2n) is 5.53. The predicted molar refractivity (Wildman–Crippen MR) is 81.5 cm³/mol. The van der Waals surface area contributed by atoms with Gasteiger partial charge in [0.05, 0.1) is 11.4 Å². The minimum Gasteiger partial charge on any atom is -0.478 e. The average molecular weight is 270 g/mol. The highest BCUT2D eigenvalue weighted by molar-refractivity contribution is 5.51. The lowest BCUT2D eigenvalue weighted by atomic mass is 9.98. The summed E-state index contributed by atoms with van der Waals surface area (Å²) in [5, 5.41) is 0. The number of ether oxygens (including phenoxy) is 1. The Balaban J connectivity index is 2.04. The molecule has 2 aromatic rings. The Morgan fingerprint density at radius 1 is 1.10 bits per heavy atom. The number of aromatic nitrogens is 1. The van der Waals surface area contributed by atoms with Crippen LogP contribution in [0.1, 0.15) is 26.5 Å². The first-order valence-corrected chi connectivity index (χ1v) is 7.36. The van der Waals surface area contributed by atoms with Crippen molar-refractivity contribution in [2.24, 2.45) is 0 Å². The molecule has 0 N–H and O–H groups in total. The van der Waals surface area contributed by atoms with Gasteiger partial charge in [0.1, 0.15) is 5.75 Å². The van der Waals surface area contributed by atoms with Crippen molar-refractivity contribution >= 4 is 0 Å². The number of para-hydroxylation sites is 2. The van der Waals surface area contributed by atoms with Gasteiger partial charge in [-0.25, -0.2) is 0 Å². The van der Waals surface area contributed by atoms with E-state index in [2.05, 4.69) is 66.8 Å². The normalized spacial score (nSPS) is 20.4. The first-order valence-electron chi connectivity index (χ1n) is 7.36. The molecule has 2 heterocycles. The minimum absolute atomic E-state index is 0.302. The van der Waals surface area contributed by atoms with Gasteiger partial charge in [-0.1, -0.05) is 26.0 Å². The molecule has 3 heteroatoms. The molecule has 0 fully saturated rings. The van der Waals surface area contributed by atoms with Crippen molar-refractivity contribution in [3.05, 3.63) is 48.3 Å². The minimum atomic E-state index is -0.302. The topological polar surface area (TPSA) is 17.4 Å². The summed E-state index contributed by atoms with van der Waals surface area (Å²) in [6.45, 7) is 9.56. The summed E-state index contributed by atoms with van der Waals surface area (Å²) >= 11 is 0. The van der Waals surface area contributed by atoms with Crippen LogP contribution in [0, 0.1) is 0 Å². The molecule has 1 atom stereocenters. The second kappa shape index (κ2) is 4.98. The fourth-order valence-electron chi connectivity index (χ4n) is 3.05. The number of fused-ring (bicyclic) bond motifs is 3. The van der Waals surface area contributed by atoms with Crippen LogP contribution in [0.3, 0.4) is 0 Å². The zero-order chi connectivity index (χ0) is 14.2. The summed E-state index contributed by atoms with van der Waals surface area (Å²) in [7, 11) is 0. The van der Waals surface area contributed by atoms with Crippen LogP contribution >= 0.6 is 0 Å². The largest absolute Gasteiger partial charge is 0.478 e. The molecule has 0 spiro atoms. The standard InChI is InChI=1S/C17H22N2O/c1-4-18(5-2)13-17(3)16-11-8-12-19(16)14-9-6-7-10-15(14)20-17/h6-12H,4-5,13H2,1-3H3. The first-order chi connectivity index (χ1) is 9.68. The van der Waals surface area contributed by atoms with Crippen LogP contribution in [0.4, 0.5) is 0 Å². The molecule has 3 rings (SSSR count). The lowest BCUT2D eigenvalue weighted by Gasteiger charge is -2.39. The van der Waals surface area contributed by atoms with Gasteiger partial charge < -0.3 is 9.30 Å². The molecule has 1 aliphatic rings. The molecule has 20 heavy (non-hydrogen) atoms. The van der Waals surface area contributed by atoms with E-state index < -0.39 is 0 Å². The molecule has 1 aliphatic heterocycles. The molecule has 0 saturated heterocycles. The lowest BCUT2D eigenvalue weighted by Crippen LogP contribution is -2.45. The molecule has 106 valence electrons. The van der Waals surface area contributed by atoms with Crippen LogP contribution < -0.4 is 4.74 Å². The summed E-state index contributed by atoms with van der Waals surface area (Å²) < 4.78 is 8.63. The van der Waals surface area contributed by atoms with E-state index in [0.29, 0.717) is 0 Å². The SMILES string of the molecule is CCN(CC)CC1(C)Oc2ccccc2-n2cccc21. The van der Waals surface area contributed by atoms with Gasteiger partial charge in [0, 0.05) is 12.7 Å². The third-order valence-electron chi connectivity index (χ3n) is 4.17. The molecular formula is C17H22N2O. The van der Waals surface area contributed by atoms with E-state index in [4.69, 9.17) is 4.74 Å². The number of rotatable bonds is 4. The summed E-state index contributed by atoms with van der Waals surface area (Å²) in [6.07, 6.45) is 2.12. The molecule has 1 aromatic carbocycles. The zero-order valence-electron chi connectivity index (χ0n) is 12.5. The Labute approximate surface area is 120 Å². The highest BCUT2D eigenvalue weighted by atomic mass is 16.5. The fraction of sp³-hybridized carbons (Fsp3) is 0.412. The van der Waals surface area contributed by atoms with E-state index >= 15 is 0 Å². The smallest absolute Gasteiger partial charge is 0.159 e. The zero-order valence-corrected chi connectivity index (χ0v) is 12.5. The fourth-order valence-corrected chi connectivity index (χ4v) is 3.05. The monoisotopic (exact) mass is 270 g/mol. The number of nitrogens with zero attached hydrogens (tertiary/aromatic N) is 2. The van der Waals surface area contributed by atoms with Gasteiger partial charge in [-0.15, -0.1) is 0 Å². The lowest BCUT2D eigenvalue weighted by molar-refractivity contribution is 0.0317. The molecule has 3 nitrogen and oxygen atoms in total. The number of hydrogen-bond donors (Lipinski definition) is 0. The van der Waals surface area contributed by atoms with Gasteiger partial charge in [0.15, 0.2) is 5.60 Å². The molecule has 0 radical (unpaired) electrons. The Hall–Kier alpha value is -1.74. The Kier molecular flexibility index (Phi) is 3.30. The van der Waals surface area contributed by atoms with E-state index in [1.807, 2.05) is 6.07 Å². The van der Waals surface area contributed by atoms with Gasteiger partial charge in [-0.05, 0) is 44.3 Å². The predicted octanol–water partition coefficient (Wildman–Crippen LogP) is 3.43.